The lowest BCUT2D eigenvalue weighted by Gasteiger charge is -2.25. The van der Waals surface area contributed by atoms with Crippen LogP contribution in [-0.4, -0.2) is 46.2 Å². The zero-order chi connectivity index (χ0) is 26.3. The summed E-state index contributed by atoms with van der Waals surface area (Å²) in [6.07, 6.45) is 1.33. The second-order valence-corrected chi connectivity index (χ2v) is 9.39. The average Bonchev–Trinajstić information content (AvgIpc) is 2.87. The number of anilines is 1. The first-order chi connectivity index (χ1) is 17.2. The molecule has 36 heavy (non-hydrogen) atoms. The number of hydrogen-bond donors (Lipinski definition) is 1. The summed E-state index contributed by atoms with van der Waals surface area (Å²) in [6, 6.07) is 15.8. The fourth-order valence-electron chi connectivity index (χ4n) is 3.17. The Hall–Kier alpha value is -4.16. The lowest BCUT2D eigenvalue weighted by molar-refractivity contribution is -0.387. The number of nitrogens with one attached hydrogen (secondary N) is 1. The number of nitro groups is 1. The Labute approximate surface area is 212 Å². The molecule has 0 fully saturated rings. The minimum atomic E-state index is -4.62. The van der Waals surface area contributed by atoms with Crippen LogP contribution in [0.25, 0.3) is 0 Å². The van der Waals surface area contributed by atoms with E-state index in [0.29, 0.717) is 20.6 Å². The molecule has 0 aromatic heterocycles. The molecule has 0 saturated carbocycles. The summed E-state index contributed by atoms with van der Waals surface area (Å²) in [5.74, 6) is -0.380. The molecule has 1 amide bonds. The van der Waals surface area contributed by atoms with Crippen molar-refractivity contribution in [2.45, 2.75) is 4.90 Å². The quantitative estimate of drug-likeness (QED) is 0.239. The fourth-order valence-corrected chi connectivity index (χ4v) is 4.96. The van der Waals surface area contributed by atoms with Crippen LogP contribution in [0.4, 0.5) is 11.4 Å². The molecule has 13 heteroatoms. The van der Waals surface area contributed by atoms with Crippen molar-refractivity contribution in [3.63, 3.8) is 0 Å². The van der Waals surface area contributed by atoms with Gasteiger partial charge in [0.15, 0.2) is 4.90 Å². The van der Waals surface area contributed by atoms with Gasteiger partial charge in [-0.15, -0.1) is 0 Å². The summed E-state index contributed by atoms with van der Waals surface area (Å²) >= 11 is 5.93. The third kappa shape index (κ3) is 6.09. The van der Waals surface area contributed by atoms with Gasteiger partial charge in [-0.05, 0) is 35.9 Å². The van der Waals surface area contributed by atoms with Crippen LogP contribution >= 0.6 is 11.6 Å². The van der Waals surface area contributed by atoms with Gasteiger partial charge in [-0.2, -0.15) is 5.10 Å². The van der Waals surface area contributed by atoms with E-state index in [-0.39, 0.29) is 11.4 Å². The zero-order valence-corrected chi connectivity index (χ0v) is 20.7. The van der Waals surface area contributed by atoms with Crippen LogP contribution in [0.1, 0.15) is 5.56 Å². The number of sulfonamides is 1. The Kier molecular flexibility index (Phi) is 8.46. The minimum Gasteiger partial charge on any atom is -0.497 e. The average molecular weight is 533 g/mol. The number of nitrogens with zero attached hydrogens (tertiary/aromatic N) is 3. The van der Waals surface area contributed by atoms with Crippen LogP contribution < -0.4 is 19.2 Å². The zero-order valence-electron chi connectivity index (χ0n) is 19.1. The summed E-state index contributed by atoms with van der Waals surface area (Å²) in [5, 5.41) is 15.8. The Morgan fingerprint density at radius 3 is 2.53 bits per heavy atom. The first-order valence-electron chi connectivity index (χ1n) is 10.2. The van der Waals surface area contributed by atoms with E-state index in [1.54, 1.807) is 24.3 Å². The molecule has 0 aliphatic heterocycles. The molecule has 0 heterocycles. The van der Waals surface area contributed by atoms with Crippen LogP contribution in [0.3, 0.4) is 0 Å². The molecule has 0 saturated heterocycles. The normalized spacial score (nSPS) is 11.2. The number of halogens is 1. The number of amides is 1. The van der Waals surface area contributed by atoms with Crippen molar-refractivity contribution < 1.29 is 27.6 Å². The van der Waals surface area contributed by atoms with Gasteiger partial charge in [0, 0.05) is 17.2 Å². The Bertz CT molecular complexity index is 1410. The van der Waals surface area contributed by atoms with E-state index in [4.69, 9.17) is 21.1 Å². The van der Waals surface area contributed by atoms with Gasteiger partial charge < -0.3 is 9.47 Å². The fraction of sp³-hybridized carbons (Fsp3) is 0.130. The van der Waals surface area contributed by atoms with Gasteiger partial charge in [0.25, 0.3) is 21.6 Å². The van der Waals surface area contributed by atoms with E-state index in [1.165, 1.54) is 50.8 Å². The topological polar surface area (TPSA) is 140 Å². The lowest BCUT2D eigenvalue weighted by Crippen LogP contribution is -2.40. The summed E-state index contributed by atoms with van der Waals surface area (Å²) in [6.45, 7) is -0.760. The van der Waals surface area contributed by atoms with Crippen LogP contribution in [0.15, 0.2) is 76.7 Å². The number of benzene rings is 3. The lowest BCUT2D eigenvalue weighted by atomic mass is 10.2. The van der Waals surface area contributed by atoms with Gasteiger partial charge in [0.05, 0.1) is 31.0 Å². The number of carbonyl (C=O) groups is 1. The van der Waals surface area contributed by atoms with Gasteiger partial charge >= 0.3 is 0 Å². The van der Waals surface area contributed by atoms with Gasteiger partial charge in [0.1, 0.15) is 18.0 Å². The van der Waals surface area contributed by atoms with E-state index in [0.717, 1.165) is 12.1 Å². The van der Waals surface area contributed by atoms with E-state index in [2.05, 4.69) is 10.5 Å². The number of para-hydroxylation sites is 1. The van der Waals surface area contributed by atoms with Crippen molar-refractivity contribution in [2.75, 3.05) is 25.1 Å². The molecule has 0 radical (unpaired) electrons. The highest BCUT2D eigenvalue weighted by molar-refractivity contribution is 7.93. The van der Waals surface area contributed by atoms with Gasteiger partial charge in [-0.25, -0.2) is 13.8 Å². The number of carbonyl (C=O) groups excluding carboxylic acids is 1. The van der Waals surface area contributed by atoms with Crippen molar-refractivity contribution in [3.05, 3.63) is 87.4 Å². The largest absolute Gasteiger partial charge is 0.497 e. The van der Waals surface area contributed by atoms with Crippen LogP contribution in [0, 0.1) is 10.1 Å². The van der Waals surface area contributed by atoms with E-state index >= 15 is 0 Å². The Morgan fingerprint density at radius 1 is 1.11 bits per heavy atom. The van der Waals surface area contributed by atoms with Crippen LogP contribution in [0.5, 0.6) is 11.5 Å². The van der Waals surface area contributed by atoms with Crippen molar-refractivity contribution in [3.8, 4) is 11.5 Å². The molecule has 188 valence electrons. The number of hydrogen-bond acceptors (Lipinski definition) is 8. The molecule has 0 aliphatic rings. The molecule has 11 nitrogen and oxygen atoms in total. The Morgan fingerprint density at radius 2 is 1.86 bits per heavy atom. The molecule has 0 unspecified atom stereocenters. The van der Waals surface area contributed by atoms with Gasteiger partial charge in [0.2, 0.25) is 0 Å². The maximum absolute atomic E-state index is 13.7. The summed E-state index contributed by atoms with van der Waals surface area (Å²) in [4.78, 5) is 22.9. The first kappa shape index (κ1) is 26.4. The maximum atomic E-state index is 13.7. The monoisotopic (exact) mass is 532 g/mol. The van der Waals surface area contributed by atoms with Crippen molar-refractivity contribution in [2.24, 2.45) is 5.10 Å². The summed E-state index contributed by atoms with van der Waals surface area (Å²) in [5.41, 5.74) is 2.17. The number of methoxy groups -OCH3 is 2. The second-order valence-electron chi connectivity index (χ2n) is 7.12. The predicted molar refractivity (Wildman–Crippen MR) is 134 cm³/mol. The molecule has 1 N–H and O–H groups in total. The van der Waals surface area contributed by atoms with E-state index in [9.17, 15) is 23.3 Å². The molecular formula is C23H21ClN4O7S. The van der Waals surface area contributed by atoms with E-state index < -0.39 is 38.0 Å². The second kappa shape index (κ2) is 11.5. The predicted octanol–water partition coefficient (Wildman–Crippen LogP) is 3.61. The minimum absolute atomic E-state index is 0.0366. The SMILES string of the molecule is COc1ccc(N(CC(=O)N/N=C\c2cccc(Cl)c2)S(=O)(=O)c2ccccc2[N+](=O)[O-])c(OC)c1. The molecule has 0 aliphatic carbocycles. The smallest absolute Gasteiger partial charge is 0.289 e. The van der Waals surface area contributed by atoms with Crippen molar-refractivity contribution in [1.29, 1.82) is 0 Å². The molecule has 3 aromatic rings. The Balaban J connectivity index is 2.01. The summed E-state index contributed by atoms with van der Waals surface area (Å²) < 4.78 is 38.5. The molecular weight excluding hydrogens is 512 g/mol. The molecule has 0 atom stereocenters. The van der Waals surface area contributed by atoms with Crippen LogP contribution in [-0.2, 0) is 14.8 Å². The number of rotatable bonds is 10. The van der Waals surface area contributed by atoms with Gasteiger partial charge in [-0.3, -0.25) is 19.2 Å². The summed E-state index contributed by atoms with van der Waals surface area (Å²) in [7, 11) is -1.89. The van der Waals surface area contributed by atoms with Crippen molar-refractivity contribution in [1.82, 2.24) is 5.43 Å². The van der Waals surface area contributed by atoms with Crippen molar-refractivity contribution >= 4 is 45.1 Å². The molecule has 0 bridgehead atoms. The van der Waals surface area contributed by atoms with E-state index in [1.807, 2.05) is 0 Å². The molecule has 3 aromatic carbocycles. The third-order valence-electron chi connectivity index (χ3n) is 4.82. The first-order valence-corrected chi connectivity index (χ1v) is 12.0. The van der Waals surface area contributed by atoms with Gasteiger partial charge in [-0.1, -0.05) is 35.9 Å². The third-order valence-corrected chi connectivity index (χ3v) is 6.87. The maximum Gasteiger partial charge on any atom is 0.289 e. The molecule has 3 rings (SSSR count). The number of hydrazone groups is 1. The van der Waals surface area contributed by atoms with Crippen LogP contribution in [0.2, 0.25) is 5.02 Å². The number of nitro benzene ring substituents is 1. The standard InChI is InChI=1S/C23H21ClN4O7S/c1-34-18-10-11-19(21(13-18)35-2)27(36(32,33)22-9-4-3-8-20(22)28(30)31)15-23(29)26-25-14-16-6-5-7-17(24)12-16/h3-14H,15H2,1-2H3,(H,26,29)/b25-14-. The molecule has 0 spiro atoms. The highest BCUT2D eigenvalue weighted by atomic mass is 35.5. The highest BCUT2D eigenvalue weighted by Crippen LogP contribution is 2.37. The highest BCUT2D eigenvalue weighted by Gasteiger charge is 2.34. The number of ether oxygens (including phenoxy) is 2.